The summed E-state index contributed by atoms with van der Waals surface area (Å²) < 4.78 is 4.94. The third-order valence-electron chi connectivity index (χ3n) is 13.5. The molecule has 14 rings (SSSR count). The first-order valence-electron chi connectivity index (χ1n) is 22.4. The maximum Gasteiger partial charge on any atom is 0.164 e. The summed E-state index contributed by atoms with van der Waals surface area (Å²) in [7, 11) is 0. The van der Waals surface area contributed by atoms with E-state index in [4.69, 9.17) is 15.0 Å². The Morgan fingerprint density at radius 3 is 1.67 bits per heavy atom. The third kappa shape index (κ3) is 5.50. The van der Waals surface area contributed by atoms with Crippen molar-refractivity contribution in [3.8, 4) is 78.9 Å². The van der Waals surface area contributed by atoms with Crippen LogP contribution in [0.2, 0.25) is 0 Å². The monoisotopic (exact) mass is 839 g/mol. The fraction of sp³-hybridized carbons (Fsp3) is 0. The quantitative estimate of drug-likeness (QED) is 0.173. The lowest BCUT2D eigenvalue weighted by Gasteiger charge is -2.13. The molecule has 1 aliphatic heterocycles. The Morgan fingerprint density at radius 2 is 0.864 bits per heavy atom. The molecule has 0 saturated heterocycles. The van der Waals surface area contributed by atoms with Crippen LogP contribution in [0.3, 0.4) is 0 Å². The van der Waals surface area contributed by atoms with E-state index in [2.05, 4.69) is 228 Å². The van der Waals surface area contributed by atoms with E-state index in [1.165, 1.54) is 71.5 Å². The van der Waals surface area contributed by atoms with Gasteiger partial charge in [0.05, 0.1) is 27.8 Å². The maximum absolute atomic E-state index is 5.25. The van der Waals surface area contributed by atoms with Gasteiger partial charge in [0.1, 0.15) is 0 Å². The predicted molar refractivity (Wildman–Crippen MR) is 272 cm³/mol. The smallest absolute Gasteiger partial charge is 0.164 e. The SMILES string of the molecule is c1ccc(-c2ccc(-c3nc(-c4cccc(-n5c6ccccc6c6c7c8c(cc65)c5ccccc5n8-c5ccccc5-c5ccccc5-7)c4)nc(-c4ccc5ccccc5c4)n3)cc2)cc1. The minimum atomic E-state index is 0.613. The van der Waals surface area contributed by atoms with Crippen LogP contribution in [-0.2, 0) is 0 Å². The van der Waals surface area contributed by atoms with Crippen LogP contribution < -0.4 is 0 Å². The zero-order valence-corrected chi connectivity index (χ0v) is 35.6. The predicted octanol–water partition coefficient (Wildman–Crippen LogP) is 15.5. The summed E-state index contributed by atoms with van der Waals surface area (Å²) in [4.78, 5) is 15.7. The van der Waals surface area contributed by atoms with Gasteiger partial charge in [-0.15, -0.1) is 0 Å². The van der Waals surface area contributed by atoms with E-state index in [1.54, 1.807) is 0 Å². The van der Waals surface area contributed by atoms with Crippen LogP contribution in [0.4, 0.5) is 0 Å². The van der Waals surface area contributed by atoms with Gasteiger partial charge in [-0.05, 0) is 75.5 Å². The van der Waals surface area contributed by atoms with E-state index in [0.29, 0.717) is 17.5 Å². The average Bonchev–Trinajstić information content (AvgIpc) is 3.86. The Hall–Kier alpha value is -8.93. The van der Waals surface area contributed by atoms with Crippen LogP contribution in [-0.4, -0.2) is 24.1 Å². The van der Waals surface area contributed by atoms with Gasteiger partial charge >= 0.3 is 0 Å². The molecule has 5 nitrogen and oxygen atoms in total. The molecule has 1 aliphatic rings. The number of aromatic nitrogens is 5. The summed E-state index contributed by atoms with van der Waals surface area (Å²) in [5, 5.41) is 7.19. The van der Waals surface area contributed by atoms with Crippen molar-refractivity contribution in [2.45, 2.75) is 0 Å². The van der Waals surface area contributed by atoms with E-state index >= 15 is 0 Å². The molecule has 0 N–H and O–H groups in total. The number of hydrogen-bond acceptors (Lipinski definition) is 3. The van der Waals surface area contributed by atoms with Crippen molar-refractivity contribution in [3.63, 3.8) is 0 Å². The molecular weight excluding hydrogens is 803 g/mol. The van der Waals surface area contributed by atoms with Crippen LogP contribution >= 0.6 is 0 Å². The van der Waals surface area contributed by atoms with E-state index in [9.17, 15) is 0 Å². The zero-order valence-electron chi connectivity index (χ0n) is 35.6. The van der Waals surface area contributed by atoms with Gasteiger partial charge in [0.15, 0.2) is 17.5 Å². The van der Waals surface area contributed by atoms with Gasteiger partial charge in [-0.25, -0.2) is 15.0 Å². The largest absolute Gasteiger partial charge is 0.309 e. The minimum absolute atomic E-state index is 0.613. The van der Waals surface area contributed by atoms with E-state index < -0.39 is 0 Å². The lowest BCUT2D eigenvalue weighted by molar-refractivity contribution is 1.07. The molecule has 13 aromatic rings. The molecule has 0 saturated carbocycles. The molecule has 0 atom stereocenters. The first-order valence-corrected chi connectivity index (χ1v) is 22.4. The molecular formula is C61H37N5. The average molecular weight is 840 g/mol. The molecule has 306 valence electrons. The number of benzene rings is 10. The van der Waals surface area contributed by atoms with Crippen molar-refractivity contribution in [1.82, 2.24) is 24.1 Å². The molecule has 0 aliphatic carbocycles. The highest BCUT2D eigenvalue weighted by molar-refractivity contribution is 6.28. The maximum atomic E-state index is 5.25. The van der Waals surface area contributed by atoms with Gasteiger partial charge in [0.2, 0.25) is 0 Å². The Kier molecular flexibility index (Phi) is 7.91. The molecule has 0 bridgehead atoms. The molecule has 5 heteroatoms. The molecule has 4 heterocycles. The Bertz CT molecular complexity index is 4100. The number of nitrogens with zero attached hydrogens (tertiary/aromatic N) is 5. The number of para-hydroxylation sites is 3. The standard InChI is InChI=1S/C61H37N5/c1-2-15-38(16-3-1)40-29-32-41(33-30-40)59-62-60(64-61(63-59)44-34-31-39-17-4-5-18-42(39)35-44)43-19-14-20-45(36-43)65-54-28-13-10-25-50(54)56-55(65)37-51-48-23-9-12-27-53(48)66-52-26-11-8-22-47(52)46-21-6-7-24-49(46)57(56)58(51)66/h1-37H. The summed E-state index contributed by atoms with van der Waals surface area (Å²) in [6.07, 6.45) is 0. The molecule has 66 heavy (non-hydrogen) atoms. The van der Waals surface area contributed by atoms with Gasteiger partial charge < -0.3 is 9.13 Å². The van der Waals surface area contributed by atoms with Gasteiger partial charge in [0, 0.05) is 55.0 Å². The molecule has 0 spiro atoms. The van der Waals surface area contributed by atoms with Crippen LogP contribution in [0.1, 0.15) is 0 Å². The number of hydrogen-bond donors (Lipinski definition) is 0. The van der Waals surface area contributed by atoms with Gasteiger partial charge in [-0.2, -0.15) is 0 Å². The summed E-state index contributed by atoms with van der Waals surface area (Å²) >= 11 is 0. The summed E-state index contributed by atoms with van der Waals surface area (Å²) in [6, 6.07) is 80.4. The Balaban J connectivity index is 1.01. The van der Waals surface area contributed by atoms with Crippen molar-refractivity contribution in [1.29, 1.82) is 0 Å². The molecule has 3 aromatic heterocycles. The van der Waals surface area contributed by atoms with E-state index in [1.807, 2.05) is 6.07 Å². The second-order valence-electron chi connectivity index (χ2n) is 17.2. The van der Waals surface area contributed by atoms with Crippen LogP contribution in [0.5, 0.6) is 0 Å². The second kappa shape index (κ2) is 14.3. The fourth-order valence-corrected chi connectivity index (χ4v) is 10.5. The topological polar surface area (TPSA) is 48.5 Å². The van der Waals surface area contributed by atoms with Crippen molar-refractivity contribution >= 4 is 54.4 Å². The lowest BCUT2D eigenvalue weighted by Crippen LogP contribution is -2.01. The fourth-order valence-electron chi connectivity index (χ4n) is 10.5. The van der Waals surface area contributed by atoms with Crippen LogP contribution in [0.25, 0.3) is 133 Å². The highest BCUT2D eigenvalue weighted by Crippen LogP contribution is 2.51. The summed E-state index contributed by atoms with van der Waals surface area (Å²) in [6.45, 7) is 0. The molecule has 0 unspecified atom stereocenters. The Morgan fingerprint density at radius 1 is 0.303 bits per heavy atom. The lowest BCUT2D eigenvalue weighted by atomic mass is 9.91. The molecule has 0 radical (unpaired) electrons. The Labute approximate surface area is 380 Å². The van der Waals surface area contributed by atoms with E-state index in [-0.39, 0.29) is 0 Å². The molecule has 0 fully saturated rings. The van der Waals surface area contributed by atoms with Crippen molar-refractivity contribution < 1.29 is 0 Å². The summed E-state index contributed by atoms with van der Waals surface area (Å²) in [5.41, 5.74) is 16.9. The van der Waals surface area contributed by atoms with E-state index in [0.717, 1.165) is 44.4 Å². The molecule has 10 aromatic carbocycles. The van der Waals surface area contributed by atoms with Crippen molar-refractivity contribution in [2.75, 3.05) is 0 Å². The first kappa shape index (κ1) is 36.5. The van der Waals surface area contributed by atoms with Crippen LogP contribution in [0, 0.1) is 0 Å². The minimum Gasteiger partial charge on any atom is -0.309 e. The second-order valence-corrected chi connectivity index (χ2v) is 17.2. The van der Waals surface area contributed by atoms with Gasteiger partial charge in [-0.1, -0.05) is 182 Å². The number of fused-ring (bicyclic) bond motifs is 13. The first-order chi connectivity index (χ1) is 32.7. The van der Waals surface area contributed by atoms with Gasteiger partial charge in [-0.3, -0.25) is 0 Å². The third-order valence-corrected chi connectivity index (χ3v) is 13.5. The molecule has 0 amide bonds. The van der Waals surface area contributed by atoms with Crippen molar-refractivity contribution in [3.05, 3.63) is 224 Å². The van der Waals surface area contributed by atoms with Crippen molar-refractivity contribution in [2.24, 2.45) is 0 Å². The zero-order chi connectivity index (χ0) is 43.3. The van der Waals surface area contributed by atoms with Gasteiger partial charge in [0.25, 0.3) is 0 Å². The highest BCUT2D eigenvalue weighted by atomic mass is 15.0. The number of rotatable bonds is 5. The van der Waals surface area contributed by atoms with Crippen LogP contribution in [0.15, 0.2) is 224 Å². The highest BCUT2D eigenvalue weighted by Gasteiger charge is 2.29. The normalized spacial score (nSPS) is 11.9. The summed E-state index contributed by atoms with van der Waals surface area (Å²) in [5.74, 6) is 1.86.